The van der Waals surface area contributed by atoms with E-state index in [0.29, 0.717) is 30.0 Å². The van der Waals surface area contributed by atoms with Crippen molar-refractivity contribution < 1.29 is 23.9 Å². The summed E-state index contributed by atoms with van der Waals surface area (Å²) in [6, 6.07) is 2.95. The SMILES string of the molecule is O=C(NC(CF)C(=O)O)C1CCCN(C(=O)c2ccc(Cl)c(Cl)c2)C1. The molecule has 1 saturated heterocycles. The van der Waals surface area contributed by atoms with Gasteiger partial charge < -0.3 is 15.3 Å². The van der Waals surface area contributed by atoms with Crippen molar-refractivity contribution in [1.29, 1.82) is 0 Å². The molecule has 1 aromatic carbocycles. The van der Waals surface area contributed by atoms with Crippen LogP contribution in [0.4, 0.5) is 4.39 Å². The van der Waals surface area contributed by atoms with Gasteiger partial charge in [-0.15, -0.1) is 0 Å². The van der Waals surface area contributed by atoms with Crippen LogP contribution in [0.25, 0.3) is 0 Å². The molecule has 0 bridgehead atoms. The van der Waals surface area contributed by atoms with Crippen molar-refractivity contribution in [2.75, 3.05) is 19.8 Å². The highest BCUT2D eigenvalue weighted by atomic mass is 35.5. The molecule has 0 aromatic heterocycles. The lowest BCUT2D eigenvalue weighted by Crippen LogP contribution is -2.50. The number of piperidine rings is 1. The van der Waals surface area contributed by atoms with Crippen LogP contribution in [0.15, 0.2) is 18.2 Å². The molecule has 2 unspecified atom stereocenters. The largest absolute Gasteiger partial charge is 0.480 e. The molecule has 136 valence electrons. The summed E-state index contributed by atoms with van der Waals surface area (Å²) >= 11 is 11.8. The number of alkyl halides is 1. The number of hydrogen-bond acceptors (Lipinski definition) is 3. The number of rotatable bonds is 5. The summed E-state index contributed by atoms with van der Waals surface area (Å²) in [5, 5.41) is 11.6. The summed E-state index contributed by atoms with van der Waals surface area (Å²) in [5.41, 5.74) is 0.350. The van der Waals surface area contributed by atoms with Crippen LogP contribution in [0, 0.1) is 5.92 Å². The van der Waals surface area contributed by atoms with Crippen molar-refractivity contribution in [3.8, 4) is 0 Å². The summed E-state index contributed by atoms with van der Waals surface area (Å²) in [7, 11) is 0. The Hall–Kier alpha value is -1.86. The predicted octanol–water partition coefficient (Wildman–Crippen LogP) is 2.38. The minimum Gasteiger partial charge on any atom is -0.480 e. The van der Waals surface area contributed by atoms with E-state index >= 15 is 0 Å². The third-order valence-electron chi connectivity index (χ3n) is 4.01. The molecule has 1 fully saturated rings. The molecule has 1 aliphatic rings. The smallest absolute Gasteiger partial charge is 0.328 e. The van der Waals surface area contributed by atoms with E-state index in [0.717, 1.165) is 0 Å². The summed E-state index contributed by atoms with van der Waals surface area (Å²) in [6.45, 7) is -0.600. The van der Waals surface area contributed by atoms with Gasteiger partial charge in [-0.1, -0.05) is 23.2 Å². The summed E-state index contributed by atoms with van der Waals surface area (Å²) in [4.78, 5) is 37.0. The number of carbonyl (C=O) groups is 3. The fraction of sp³-hybridized carbons (Fsp3) is 0.438. The molecule has 2 N–H and O–H groups in total. The molecule has 2 rings (SSSR count). The highest BCUT2D eigenvalue weighted by Gasteiger charge is 2.31. The number of likely N-dealkylation sites (tertiary alicyclic amines) is 1. The fourth-order valence-electron chi connectivity index (χ4n) is 2.64. The molecule has 9 heteroatoms. The average molecular weight is 391 g/mol. The third-order valence-corrected chi connectivity index (χ3v) is 4.75. The fourth-order valence-corrected chi connectivity index (χ4v) is 2.94. The van der Waals surface area contributed by atoms with Crippen LogP contribution in [-0.2, 0) is 9.59 Å². The average Bonchev–Trinajstić information content (AvgIpc) is 2.61. The molecule has 25 heavy (non-hydrogen) atoms. The molecule has 0 saturated carbocycles. The van der Waals surface area contributed by atoms with E-state index in [1.807, 2.05) is 0 Å². The number of aliphatic carboxylic acids is 1. The highest BCUT2D eigenvalue weighted by molar-refractivity contribution is 6.42. The second kappa shape index (κ2) is 8.49. The number of carboxylic acid groups (broad SMARTS) is 1. The monoisotopic (exact) mass is 390 g/mol. The number of nitrogens with one attached hydrogen (secondary N) is 1. The quantitative estimate of drug-likeness (QED) is 0.807. The van der Waals surface area contributed by atoms with E-state index in [1.165, 1.54) is 17.0 Å². The molecular weight excluding hydrogens is 374 g/mol. The Morgan fingerprint density at radius 1 is 1.32 bits per heavy atom. The van der Waals surface area contributed by atoms with E-state index in [1.54, 1.807) is 6.07 Å². The topological polar surface area (TPSA) is 86.7 Å². The van der Waals surface area contributed by atoms with E-state index in [4.69, 9.17) is 28.3 Å². The summed E-state index contributed by atoms with van der Waals surface area (Å²) in [5.74, 6) is -2.89. The van der Waals surface area contributed by atoms with Gasteiger partial charge in [-0.25, -0.2) is 9.18 Å². The Morgan fingerprint density at radius 3 is 2.64 bits per heavy atom. The maximum absolute atomic E-state index is 12.6. The maximum Gasteiger partial charge on any atom is 0.328 e. The van der Waals surface area contributed by atoms with Crippen molar-refractivity contribution in [3.63, 3.8) is 0 Å². The lowest BCUT2D eigenvalue weighted by atomic mass is 9.96. The van der Waals surface area contributed by atoms with Crippen LogP contribution in [0.5, 0.6) is 0 Å². The molecule has 0 spiro atoms. The van der Waals surface area contributed by atoms with Crippen molar-refractivity contribution in [1.82, 2.24) is 10.2 Å². The zero-order valence-electron chi connectivity index (χ0n) is 13.2. The van der Waals surface area contributed by atoms with E-state index < -0.39 is 30.5 Å². The van der Waals surface area contributed by atoms with Gasteiger partial charge in [0.1, 0.15) is 6.67 Å². The molecule has 0 radical (unpaired) electrons. The van der Waals surface area contributed by atoms with Crippen LogP contribution in [-0.4, -0.2) is 53.6 Å². The number of amides is 2. The molecule has 2 atom stereocenters. The Bertz CT molecular complexity index is 686. The Balaban J connectivity index is 2.04. The molecule has 1 aromatic rings. The molecule has 6 nitrogen and oxygen atoms in total. The second-order valence-corrected chi connectivity index (χ2v) is 6.59. The number of nitrogens with zero attached hydrogens (tertiary/aromatic N) is 1. The van der Waals surface area contributed by atoms with Crippen molar-refractivity contribution >= 4 is 41.0 Å². The lowest BCUT2D eigenvalue weighted by Gasteiger charge is -2.32. The van der Waals surface area contributed by atoms with Crippen molar-refractivity contribution in [2.24, 2.45) is 5.92 Å². The first-order valence-electron chi connectivity index (χ1n) is 7.67. The molecular formula is C16H17Cl2FN2O4. The van der Waals surface area contributed by atoms with Crippen molar-refractivity contribution in [2.45, 2.75) is 18.9 Å². The first kappa shape index (κ1) is 19.5. The third kappa shape index (κ3) is 4.83. The number of hydrogen-bond donors (Lipinski definition) is 2. The highest BCUT2D eigenvalue weighted by Crippen LogP contribution is 2.25. The normalized spacial score (nSPS) is 18.5. The number of carboxylic acids is 1. The molecule has 1 aliphatic heterocycles. The molecule has 2 amide bonds. The zero-order valence-corrected chi connectivity index (χ0v) is 14.7. The van der Waals surface area contributed by atoms with Gasteiger partial charge in [0.05, 0.1) is 16.0 Å². The van der Waals surface area contributed by atoms with Crippen LogP contribution in [0.3, 0.4) is 0 Å². The van der Waals surface area contributed by atoms with Gasteiger partial charge >= 0.3 is 5.97 Å². The van der Waals surface area contributed by atoms with Gasteiger partial charge in [0.15, 0.2) is 6.04 Å². The Kier molecular flexibility index (Phi) is 6.61. The van der Waals surface area contributed by atoms with Gasteiger partial charge in [-0.3, -0.25) is 9.59 Å². The van der Waals surface area contributed by atoms with Gasteiger partial charge in [0.25, 0.3) is 5.91 Å². The first-order chi connectivity index (χ1) is 11.8. The van der Waals surface area contributed by atoms with Crippen LogP contribution in [0.1, 0.15) is 23.2 Å². The van der Waals surface area contributed by atoms with Gasteiger partial charge in [-0.05, 0) is 31.0 Å². The Labute approximate surface area is 153 Å². The van der Waals surface area contributed by atoms with Gasteiger partial charge in [0.2, 0.25) is 5.91 Å². The van der Waals surface area contributed by atoms with Crippen LogP contribution >= 0.6 is 23.2 Å². The summed E-state index contributed by atoms with van der Waals surface area (Å²) < 4.78 is 12.6. The minimum atomic E-state index is -1.58. The van der Waals surface area contributed by atoms with Crippen LogP contribution in [0.2, 0.25) is 10.0 Å². The number of carbonyl (C=O) groups excluding carboxylic acids is 2. The van der Waals surface area contributed by atoms with E-state index in [-0.39, 0.29) is 17.5 Å². The maximum atomic E-state index is 12.6. The molecule has 0 aliphatic carbocycles. The Morgan fingerprint density at radius 2 is 2.04 bits per heavy atom. The summed E-state index contributed by atoms with van der Waals surface area (Å²) in [6.07, 6.45) is 1.08. The number of halogens is 3. The van der Waals surface area contributed by atoms with Crippen LogP contribution < -0.4 is 5.32 Å². The van der Waals surface area contributed by atoms with Crippen molar-refractivity contribution in [3.05, 3.63) is 33.8 Å². The lowest BCUT2D eigenvalue weighted by molar-refractivity contribution is -0.143. The standard InChI is InChI=1S/C16H17Cl2FN2O4/c17-11-4-3-9(6-12(11)18)15(23)21-5-1-2-10(8-21)14(22)20-13(7-19)16(24)25/h3-4,6,10,13H,1-2,5,7-8H2,(H,20,22)(H,24,25). The second-order valence-electron chi connectivity index (χ2n) is 5.77. The first-order valence-corrected chi connectivity index (χ1v) is 8.42. The van der Waals surface area contributed by atoms with Gasteiger partial charge in [-0.2, -0.15) is 0 Å². The van der Waals surface area contributed by atoms with E-state index in [2.05, 4.69) is 5.32 Å². The van der Waals surface area contributed by atoms with E-state index in [9.17, 15) is 18.8 Å². The molecule has 1 heterocycles. The van der Waals surface area contributed by atoms with Gasteiger partial charge in [0, 0.05) is 18.7 Å². The predicted molar refractivity (Wildman–Crippen MR) is 90.6 cm³/mol. The number of benzene rings is 1. The minimum absolute atomic E-state index is 0.129. The zero-order chi connectivity index (χ0) is 18.6.